The van der Waals surface area contributed by atoms with Gasteiger partial charge >= 0.3 is 0 Å². The third-order valence-corrected chi connectivity index (χ3v) is 9.97. The van der Waals surface area contributed by atoms with Gasteiger partial charge in [0.1, 0.15) is 11.6 Å². The van der Waals surface area contributed by atoms with Crippen molar-refractivity contribution in [2.24, 2.45) is 7.05 Å². The van der Waals surface area contributed by atoms with Crippen LogP contribution in [0.5, 0.6) is 5.75 Å². The average molecular weight is 530 g/mol. The topological polar surface area (TPSA) is 92.1 Å². The highest BCUT2D eigenvalue weighted by molar-refractivity contribution is 7.89. The first kappa shape index (κ1) is 25.7. The average Bonchev–Trinajstić information content (AvgIpc) is 3.21. The molecule has 0 aliphatic carbocycles. The van der Waals surface area contributed by atoms with Crippen LogP contribution in [0.2, 0.25) is 0 Å². The minimum absolute atomic E-state index is 0.0378. The molecular weight excluding hydrogens is 497 g/mol. The number of carbonyl (C=O) groups is 1. The van der Waals surface area contributed by atoms with E-state index >= 15 is 0 Å². The Morgan fingerprint density at radius 2 is 1.92 bits per heavy atom. The van der Waals surface area contributed by atoms with Gasteiger partial charge in [0.2, 0.25) is 10.0 Å². The number of methoxy groups -OCH3 is 1. The molecule has 2 aliphatic rings. The van der Waals surface area contributed by atoms with Gasteiger partial charge in [-0.15, -0.1) is 0 Å². The lowest BCUT2D eigenvalue weighted by molar-refractivity contribution is 0.0378. The number of aryl methyl sites for hydroxylation is 1. The lowest BCUT2D eigenvalue weighted by Gasteiger charge is -2.50. The normalized spacial score (nSPS) is 19.8. The SMILES string of the molecule is CCS(=O)(=O)N1CCC2(CC1)CN(C(=O)c1cccc(F)c1)[C@@H](CO)c1c2c2ccc(OC)cc2n1C. The Morgan fingerprint density at radius 3 is 2.54 bits per heavy atom. The van der Waals surface area contributed by atoms with Gasteiger partial charge in [0.25, 0.3) is 5.91 Å². The Bertz CT molecular complexity index is 1460. The molecule has 1 N–H and O–H groups in total. The van der Waals surface area contributed by atoms with Gasteiger partial charge in [-0.05, 0) is 55.7 Å². The van der Waals surface area contributed by atoms with Gasteiger partial charge in [-0.2, -0.15) is 0 Å². The molecule has 2 aromatic carbocycles. The highest BCUT2D eigenvalue weighted by Crippen LogP contribution is 2.50. The van der Waals surface area contributed by atoms with Crippen molar-refractivity contribution in [3.8, 4) is 5.75 Å². The number of fused-ring (bicyclic) bond motifs is 4. The van der Waals surface area contributed by atoms with E-state index in [2.05, 4.69) is 0 Å². The van der Waals surface area contributed by atoms with E-state index in [1.54, 1.807) is 25.0 Å². The predicted octanol–water partition coefficient (Wildman–Crippen LogP) is 3.20. The van der Waals surface area contributed by atoms with Crippen LogP contribution in [0.3, 0.4) is 0 Å². The molecule has 0 unspecified atom stereocenters. The van der Waals surface area contributed by atoms with Crippen molar-refractivity contribution in [1.29, 1.82) is 0 Å². The number of aliphatic hydroxyl groups excluding tert-OH is 1. The second-order valence-electron chi connectivity index (χ2n) is 9.92. The number of piperidine rings is 1. The molecule has 3 aromatic rings. The van der Waals surface area contributed by atoms with Crippen molar-refractivity contribution in [3.63, 3.8) is 0 Å². The molecule has 1 amide bonds. The van der Waals surface area contributed by atoms with Gasteiger partial charge in [-0.3, -0.25) is 4.79 Å². The lowest BCUT2D eigenvalue weighted by Crippen LogP contribution is -2.56. The third kappa shape index (κ3) is 4.11. The van der Waals surface area contributed by atoms with Crippen molar-refractivity contribution in [1.82, 2.24) is 13.8 Å². The summed E-state index contributed by atoms with van der Waals surface area (Å²) in [7, 11) is 0.165. The summed E-state index contributed by atoms with van der Waals surface area (Å²) in [4.78, 5) is 15.4. The first-order valence-corrected chi connectivity index (χ1v) is 14.1. The fourth-order valence-electron chi connectivity index (χ4n) is 6.14. The van der Waals surface area contributed by atoms with Crippen molar-refractivity contribution in [2.75, 3.05) is 39.1 Å². The van der Waals surface area contributed by atoms with Crippen molar-refractivity contribution in [2.45, 2.75) is 31.2 Å². The van der Waals surface area contributed by atoms with E-state index in [1.165, 1.54) is 22.5 Å². The summed E-state index contributed by atoms with van der Waals surface area (Å²) in [5.74, 6) is -0.143. The van der Waals surface area contributed by atoms with E-state index < -0.39 is 27.3 Å². The number of ether oxygens (including phenoxy) is 1. The van der Waals surface area contributed by atoms with Crippen LogP contribution in [0.4, 0.5) is 4.39 Å². The number of nitrogens with zero attached hydrogens (tertiary/aromatic N) is 3. The van der Waals surface area contributed by atoms with Crippen molar-refractivity contribution >= 4 is 26.8 Å². The van der Waals surface area contributed by atoms with Crippen LogP contribution in [-0.4, -0.2) is 72.3 Å². The van der Waals surface area contributed by atoms with Crippen LogP contribution in [0, 0.1) is 5.82 Å². The lowest BCUT2D eigenvalue weighted by atomic mass is 9.68. The predicted molar refractivity (Wildman–Crippen MR) is 139 cm³/mol. The fraction of sp³-hybridized carbons (Fsp3) is 0.444. The maximum absolute atomic E-state index is 14.0. The summed E-state index contributed by atoms with van der Waals surface area (Å²) in [5.41, 5.74) is 2.45. The molecule has 1 spiro atoms. The van der Waals surface area contributed by atoms with E-state index in [1.807, 2.05) is 29.8 Å². The second kappa shape index (κ2) is 9.41. The van der Waals surface area contributed by atoms with Crippen LogP contribution < -0.4 is 4.74 Å². The molecule has 1 aromatic heterocycles. The van der Waals surface area contributed by atoms with Gasteiger partial charge < -0.3 is 19.3 Å². The number of hydrogen-bond donors (Lipinski definition) is 1. The van der Waals surface area contributed by atoms with Gasteiger partial charge in [0, 0.05) is 54.8 Å². The molecule has 0 bridgehead atoms. The molecule has 198 valence electrons. The Balaban J connectivity index is 1.68. The van der Waals surface area contributed by atoms with E-state index in [-0.39, 0.29) is 23.8 Å². The first-order valence-electron chi connectivity index (χ1n) is 12.5. The molecule has 0 radical (unpaired) electrons. The number of amides is 1. The Morgan fingerprint density at radius 1 is 1.19 bits per heavy atom. The highest BCUT2D eigenvalue weighted by atomic mass is 32.2. The number of halogens is 1. The van der Waals surface area contributed by atoms with E-state index in [0.29, 0.717) is 38.2 Å². The van der Waals surface area contributed by atoms with Crippen LogP contribution in [0.25, 0.3) is 10.9 Å². The van der Waals surface area contributed by atoms with Crippen LogP contribution in [0.15, 0.2) is 42.5 Å². The summed E-state index contributed by atoms with van der Waals surface area (Å²) >= 11 is 0. The molecule has 0 saturated carbocycles. The Labute approximate surface area is 216 Å². The van der Waals surface area contributed by atoms with E-state index in [9.17, 15) is 22.7 Å². The maximum Gasteiger partial charge on any atom is 0.254 e. The summed E-state index contributed by atoms with van der Waals surface area (Å²) in [6.07, 6.45) is 1.05. The first-order chi connectivity index (χ1) is 17.7. The summed E-state index contributed by atoms with van der Waals surface area (Å²) in [5, 5.41) is 11.6. The zero-order valence-electron chi connectivity index (χ0n) is 21.3. The zero-order valence-corrected chi connectivity index (χ0v) is 22.1. The fourth-order valence-corrected chi connectivity index (χ4v) is 7.25. The van der Waals surface area contributed by atoms with Crippen molar-refractivity contribution < 1.29 is 27.4 Å². The molecule has 1 saturated heterocycles. The van der Waals surface area contributed by atoms with Crippen molar-refractivity contribution in [3.05, 3.63) is 65.1 Å². The second-order valence-corrected chi connectivity index (χ2v) is 12.2. The van der Waals surface area contributed by atoms with Crippen LogP contribution in [-0.2, 0) is 22.5 Å². The number of benzene rings is 2. The monoisotopic (exact) mass is 529 g/mol. The molecule has 2 aliphatic heterocycles. The minimum atomic E-state index is -3.34. The zero-order chi connectivity index (χ0) is 26.5. The van der Waals surface area contributed by atoms with Crippen LogP contribution >= 0.6 is 0 Å². The number of sulfonamides is 1. The molecule has 10 heteroatoms. The van der Waals surface area contributed by atoms with Gasteiger partial charge in [0.05, 0.1) is 31.0 Å². The van der Waals surface area contributed by atoms with Gasteiger partial charge in [-0.25, -0.2) is 17.1 Å². The molecular formula is C27H32FN3O5S. The quantitative estimate of drug-likeness (QED) is 0.548. The standard InChI is InChI=1S/C27H32FN3O5S/c1-4-37(34,35)30-12-10-27(11-13-30)17-31(26(33)18-6-5-7-19(28)14-18)23(16-32)25-24(27)21-9-8-20(36-3)15-22(21)29(25)2/h5-9,14-15,23,32H,4,10-13,16-17H2,1-3H3/t23-/m0/s1. The highest BCUT2D eigenvalue weighted by Gasteiger charge is 2.50. The summed E-state index contributed by atoms with van der Waals surface area (Å²) in [6.45, 7) is 2.32. The van der Waals surface area contributed by atoms with E-state index in [0.717, 1.165) is 22.2 Å². The Hall–Kier alpha value is -2.95. The molecule has 8 nitrogen and oxygen atoms in total. The molecule has 5 rings (SSSR count). The van der Waals surface area contributed by atoms with Crippen LogP contribution in [0.1, 0.15) is 47.4 Å². The molecule has 3 heterocycles. The number of aliphatic hydroxyl groups is 1. The number of hydrogen-bond acceptors (Lipinski definition) is 5. The Kier molecular flexibility index (Phi) is 6.54. The number of rotatable bonds is 5. The molecule has 37 heavy (non-hydrogen) atoms. The molecule has 1 atom stereocenters. The smallest absolute Gasteiger partial charge is 0.254 e. The number of aromatic nitrogens is 1. The van der Waals surface area contributed by atoms with E-state index in [4.69, 9.17) is 4.74 Å². The minimum Gasteiger partial charge on any atom is -0.497 e. The number of carbonyl (C=O) groups excluding carboxylic acids is 1. The maximum atomic E-state index is 14.0. The summed E-state index contributed by atoms with van der Waals surface area (Å²) in [6, 6.07) is 10.8. The molecule has 1 fully saturated rings. The summed E-state index contributed by atoms with van der Waals surface area (Å²) < 4.78 is 48.2. The largest absolute Gasteiger partial charge is 0.497 e. The van der Waals surface area contributed by atoms with Gasteiger partial charge in [-0.1, -0.05) is 6.07 Å². The van der Waals surface area contributed by atoms with Gasteiger partial charge in [0.15, 0.2) is 0 Å². The third-order valence-electron chi connectivity index (χ3n) is 8.09.